The number of hydrogen-bond donors (Lipinski definition) is 2. The quantitative estimate of drug-likeness (QED) is 0.566. The number of rotatable bonds is 8. The average molecular weight is 426 g/mol. The zero-order chi connectivity index (χ0) is 21.1. The Balaban J connectivity index is 1.31. The summed E-state index contributed by atoms with van der Waals surface area (Å²) in [6.07, 6.45) is 2.99. The van der Waals surface area contributed by atoms with Crippen molar-refractivity contribution in [1.82, 2.24) is 30.5 Å². The van der Waals surface area contributed by atoms with Crippen molar-refractivity contribution in [1.29, 1.82) is 0 Å². The van der Waals surface area contributed by atoms with Gasteiger partial charge in [0, 0.05) is 36.8 Å². The van der Waals surface area contributed by atoms with Gasteiger partial charge in [-0.2, -0.15) is 4.98 Å². The number of hydrogen-bond acceptors (Lipinski definition) is 9. The number of carbonyl (C=O) groups is 1. The minimum absolute atomic E-state index is 0.244. The summed E-state index contributed by atoms with van der Waals surface area (Å²) in [6.45, 7) is 4.87. The fourth-order valence-corrected chi connectivity index (χ4v) is 3.81. The molecule has 0 aliphatic heterocycles. The molecule has 2 atom stereocenters. The third-order valence-electron chi connectivity index (χ3n) is 4.81. The molecule has 0 spiro atoms. The summed E-state index contributed by atoms with van der Waals surface area (Å²) in [7, 11) is 1.56. The zero-order valence-corrected chi connectivity index (χ0v) is 17.9. The molecule has 0 saturated heterocycles. The first-order valence-electron chi connectivity index (χ1n) is 9.71. The van der Waals surface area contributed by atoms with Crippen LogP contribution in [0.2, 0.25) is 0 Å². The molecule has 2 N–H and O–H groups in total. The normalized spacial score (nSPS) is 17.4. The van der Waals surface area contributed by atoms with Crippen molar-refractivity contribution >= 4 is 23.1 Å². The van der Waals surface area contributed by atoms with E-state index in [4.69, 9.17) is 4.74 Å². The van der Waals surface area contributed by atoms with Gasteiger partial charge in [0.25, 0.3) is 5.91 Å². The van der Waals surface area contributed by atoms with Crippen LogP contribution in [0.3, 0.4) is 0 Å². The highest BCUT2D eigenvalue weighted by atomic mass is 32.1. The lowest BCUT2D eigenvalue weighted by molar-refractivity contribution is 0.0962. The van der Waals surface area contributed by atoms with Crippen LogP contribution in [0.4, 0.5) is 5.82 Å². The molecule has 10 heteroatoms. The number of pyridine rings is 1. The number of aryl methyl sites for hydroxylation is 2. The van der Waals surface area contributed by atoms with Gasteiger partial charge in [0.1, 0.15) is 16.6 Å². The lowest BCUT2D eigenvalue weighted by atomic mass is 10.2. The lowest BCUT2D eigenvalue weighted by Gasteiger charge is -2.09. The van der Waals surface area contributed by atoms with Crippen LogP contribution in [-0.4, -0.2) is 44.7 Å². The Bertz CT molecular complexity index is 1040. The monoisotopic (exact) mass is 425 g/mol. The van der Waals surface area contributed by atoms with Crippen LogP contribution in [0.5, 0.6) is 5.88 Å². The van der Waals surface area contributed by atoms with Gasteiger partial charge in [-0.15, -0.1) is 10.2 Å². The topological polar surface area (TPSA) is 115 Å². The van der Waals surface area contributed by atoms with Crippen LogP contribution in [0.15, 0.2) is 24.4 Å². The van der Waals surface area contributed by atoms with Gasteiger partial charge in [-0.3, -0.25) is 9.78 Å². The Morgan fingerprint density at radius 2 is 2.13 bits per heavy atom. The molecule has 1 saturated carbocycles. The smallest absolute Gasteiger partial charge is 0.282 e. The van der Waals surface area contributed by atoms with E-state index in [2.05, 4.69) is 47.9 Å². The summed E-state index contributed by atoms with van der Waals surface area (Å²) in [6, 6.07) is 5.97. The van der Waals surface area contributed by atoms with Crippen molar-refractivity contribution < 1.29 is 9.53 Å². The second-order valence-corrected chi connectivity index (χ2v) is 8.31. The van der Waals surface area contributed by atoms with Gasteiger partial charge in [0.2, 0.25) is 10.9 Å². The molecule has 0 aromatic carbocycles. The van der Waals surface area contributed by atoms with Crippen molar-refractivity contribution in [2.75, 3.05) is 19.0 Å². The van der Waals surface area contributed by atoms with Crippen molar-refractivity contribution in [3.05, 3.63) is 51.5 Å². The Hall–Kier alpha value is -3.14. The molecule has 4 rings (SSSR count). The molecule has 3 aromatic heterocycles. The fraction of sp³-hybridized carbons (Fsp3) is 0.400. The first-order chi connectivity index (χ1) is 14.5. The van der Waals surface area contributed by atoms with Gasteiger partial charge in [-0.1, -0.05) is 17.4 Å². The molecule has 1 aliphatic rings. The molecule has 0 unspecified atom stereocenters. The van der Waals surface area contributed by atoms with Crippen LogP contribution in [-0.2, 0) is 6.54 Å². The maximum atomic E-state index is 11.6. The average Bonchev–Trinajstić information content (AvgIpc) is 3.36. The van der Waals surface area contributed by atoms with E-state index < -0.39 is 0 Å². The first-order valence-corrected chi connectivity index (χ1v) is 10.5. The fourth-order valence-electron chi connectivity index (χ4n) is 3.08. The molecular formula is C20H23N7O2S. The zero-order valence-electron chi connectivity index (χ0n) is 17.0. The van der Waals surface area contributed by atoms with Crippen LogP contribution >= 0.6 is 11.3 Å². The van der Waals surface area contributed by atoms with Crippen LogP contribution in [0.25, 0.3) is 0 Å². The van der Waals surface area contributed by atoms with E-state index in [9.17, 15) is 4.79 Å². The van der Waals surface area contributed by atoms with E-state index in [1.165, 1.54) is 16.9 Å². The van der Waals surface area contributed by atoms with E-state index in [0.29, 0.717) is 52.5 Å². The highest BCUT2D eigenvalue weighted by molar-refractivity contribution is 7.13. The Labute approximate surface area is 178 Å². The van der Waals surface area contributed by atoms with E-state index in [1.807, 2.05) is 20.0 Å². The molecule has 9 nitrogen and oxygen atoms in total. The molecule has 3 heterocycles. The van der Waals surface area contributed by atoms with E-state index in [1.54, 1.807) is 13.1 Å². The van der Waals surface area contributed by atoms with Crippen molar-refractivity contribution in [3.8, 4) is 5.88 Å². The van der Waals surface area contributed by atoms with E-state index >= 15 is 0 Å². The molecule has 156 valence electrons. The Kier molecular flexibility index (Phi) is 5.84. The number of nitrogens with one attached hydrogen (secondary N) is 2. The standard InChI is InChI=1S/C20H23N7O2S/c1-11-4-5-15(22-8-11)14-6-13(14)10-29-17-7-16(24-12(2)25-17)23-9-18-26-27-20(30-18)19(28)21-3/h4-5,7-8,13-14H,6,9-10H2,1-3H3,(H,21,28)(H,23,24,25)/t13-,14+/m1/s1. The highest BCUT2D eigenvalue weighted by Crippen LogP contribution is 2.46. The van der Waals surface area contributed by atoms with Gasteiger partial charge < -0.3 is 15.4 Å². The molecule has 30 heavy (non-hydrogen) atoms. The number of ether oxygens (including phenoxy) is 1. The molecule has 1 aliphatic carbocycles. The minimum atomic E-state index is -0.244. The number of nitrogens with zero attached hydrogens (tertiary/aromatic N) is 5. The van der Waals surface area contributed by atoms with Gasteiger partial charge in [0.05, 0.1) is 13.2 Å². The number of aromatic nitrogens is 5. The molecule has 1 fully saturated rings. The summed E-state index contributed by atoms with van der Waals surface area (Å²) >= 11 is 1.24. The second-order valence-electron chi connectivity index (χ2n) is 7.25. The van der Waals surface area contributed by atoms with E-state index in [0.717, 1.165) is 12.1 Å². The summed E-state index contributed by atoms with van der Waals surface area (Å²) in [5.74, 6) is 2.46. The molecule has 0 bridgehead atoms. The van der Waals surface area contributed by atoms with Crippen LogP contribution in [0.1, 0.15) is 44.2 Å². The van der Waals surface area contributed by atoms with Gasteiger partial charge in [-0.05, 0) is 31.9 Å². The van der Waals surface area contributed by atoms with E-state index in [-0.39, 0.29) is 5.91 Å². The molecular weight excluding hydrogens is 402 g/mol. The Morgan fingerprint density at radius 3 is 2.90 bits per heavy atom. The predicted octanol–water partition coefficient (Wildman–Crippen LogP) is 2.49. The van der Waals surface area contributed by atoms with Crippen molar-refractivity contribution in [3.63, 3.8) is 0 Å². The summed E-state index contributed by atoms with van der Waals surface area (Å²) in [5.41, 5.74) is 2.30. The third-order valence-corrected chi connectivity index (χ3v) is 5.73. The van der Waals surface area contributed by atoms with Gasteiger partial charge >= 0.3 is 0 Å². The molecule has 0 radical (unpaired) electrons. The SMILES string of the molecule is CNC(=O)c1nnc(CNc2cc(OC[C@H]3C[C@@H]3c3ccc(C)cn3)nc(C)n2)s1. The van der Waals surface area contributed by atoms with Gasteiger partial charge in [0.15, 0.2) is 0 Å². The van der Waals surface area contributed by atoms with Crippen LogP contribution in [0, 0.1) is 19.8 Å². The van der Waals surface area contributed by atoms with Gasteiger partial charge in [-0.25, -0.2) is 4.98 Å². The molecule has 3 aromatic rings. The van der Waals surface area contributed by atoms with Crippen molar-refractivity contribution in [2.45, 2.75) is 32.7 Å². The Morgan fingerprint density at radius 1 is 1.27 bits per heavy atom. The number of anilines is 1. The highest BCUT2D eigenvalue weighted by Gasteiger charge is 2.40. The molecule has 1 amide bonds. The summed E-state index contributed by atoms with van der Waals surface area (Å²) in [5, 5.41) is 14.7. The third kappa shape index (κ3) is 4.88. The number of carbonyl (C=O) groups excluding carboxylic acids is 1. The number of amides is 1. The lowest BCUT2D eigenvalue weighted by Crippen LogP contribution is -2.17. The summed E-state index contributed by atoms with van der Waals surface area (Å²) in [4.78, 5) is 24.9. The maximum absolute atomic E-state index is 11.6. The largest absolute Gasteiger partial charge is 0.477 e. The van der Waals surface area contributed by atoms with Crippen LogP contribution < -0.4 is 15.4 Å². The summed E-state index contributed by atoms with van der Waals surface area (Å²) < 4.78 is 5.93. The van der Waals surface area contributed by atoms with Crippen molar-refractivity contribution in [2.24, 2.45) is 5.92 Å². The second kappa shape index (κ2) is 8.70. The maximum Gasteiger partial charge on any atom is 0.282 e. The first kappa shape index (κ1) is 20.1. The predicted molar refractivity (Wildman–Crippen MR) is 113 cm³/mol. The minimum Gasteiger partial charge on any atom is -0.477 e.